The van der Waals surface area contributed by atoms with E-state index in [0.29, 0.717) is 17.5 Å². The third-order valence-corrected chi connectivity index (χ3v) is 14.6. The average Bonchev–Trinajstić information content (AvgIpc) is 4.09. The molecule has 0 saturated carbocycles. The Bertz CT molecular complexity index is 4280. The summed E-state index contributed by atoms with van der Waals surface area (Å²) in [5, 5.41) is 4.50. The lowest BCUT2D eigenvalue weighted by Crippen LogP contribution is -2.14. The van der Waals surface area contributed by atoms with Crippen LogP contribution in [0.2, 0.25) is 0 Å². The molecule has 0 bridgehead atoms. The second-order valence-electron chi connectivity index (χ2n) is 19.9. The summed E-state index contributed by atoms with van der Waals surface area (Å²) in [4.78, 5) is 15.5. The Morgan fingerprint density at radius 3 is 1.72 bits per heavy atom. The zero-order valence-electron chi connectivity index (χ0n) is 41.8. The summed E-state index contributed by atoms with van der Waals surface area (Å²) in [7, 11) is 0. The SMILES string of the molecule is CC1(C)c2ccccc2-c2c(-c3cccc(-c4cc(-c5ccccc5)cc5c6ccccc6n(-c6cccc(-c7nc(-c8ccccc8)nc(-c8ccc9c(c8)oc8ccccc89)n7)c6)c45)c3)cccc21.CCC. The zero-order valence-corrected chi connectivity index (χ0v) is 41.8. The van der Waals surface area contributed by atoms with E-state index in [1.165, 1.54) is 61.7 Å². The minimum atomic E-state index is -0.0963. The second-order valence-corrected chi connectivity index (χ2v) is 19.9. The summed E-state index contributed by atoms with van der Waals surface area (Å²) >= 11 is 0. The van der Waals surface area contributed by atoms with Crippen molar-refractivity contribution in [3.8, 4) is 84.4 Å². The number of hydrogen-bond donors (Lipinski definition) is 0. The normalized spacial score (nSPS) is 12.5. The summed E-state index contributed by atoms with van der Waals surface area (Å²) in [6, 6.07) is 82.3. The van der Waals surface area contributed by atoms with Crippen LogP contribution in [0.1, 0.15) is 45.2 Å². The van der Waals surface area contributed by atoms with Crippen LogP contribution >= 0.6 is 0 Å². The van der Waals surface area contributed by atoms with Crippen LogP contribution in [-0.2, 0) is 5.41 Å². The van der Waals surface area contributed by atoms with Crippen molar-refractivity contribution < 1.29 is 4.42 Å². The number of hydrogen-bond acceptors (Lipinski definition) is 4. The van der Waals surface area contributed by atoms with Crippen molar-refractivity contribution in [1.29, 1.82) is 0 Å². The van der Waals surface area contributed by atoms with Gasteiger partial charge in [-0.05, 0) is 105 Å². The standard InChI is InChI=1S/C66H44N4O.C3H8/c1-66(2)56-30-12-9-28-53(56)61-49(29-17-31-57(61)66)43-22-15-23-44(36-43)54-38-47(41-18-5-3-6-19-41)39-55-50-26-10-13-32-58(50)70(62(54)55)48-25-16-24-45(37-48)64-67-63(42-20-7-4-8-21-42)68-65(69-64)46-34-35-52-51-27-11-14-33-59(51)71-60(52)40-46;1-3-2/h3-40H,1-2H3;3H2,1-2H3. The highest BCUT2D eigenvalue weighted by molar-refractivity contribution is 6.15. The molecule has 0 spiro atoms. The molecule has 14 rings (SSSR count). The van der Waals surface area contributed by atoms with Gasteiger partial charge in [-0.1, -0.05) is 210 Å². The van der Waals surface area contributed by atoms with E-state index in [4.69, 9.17) is 19.4 Å². The number of furan rings is 1. The molecule has 0 amide bonds. The molecule has 0 atom stereocenters. The van der Waals surface area contributed by atoms with Crippen molar-refractivity contribution in [1.82, 2.24) is 19.5 Å². The smallest absolute Gasteiger partial charge is 0.164 e. The molecule has 13 aromatic rings. The predicted molar refractivity (Wildman–Crippen MR) is 308 cm³/mol. The van der Waals surface area contributed by atoms with Gasteiger partial charge in [0.25, 0.3) is 0 Å². The largest absolute Gasteiger partial charge is 0.456 e. The van der Waals surface area contributed by atoms with Crippen LogP contribution in [0.5, 0.6) is 0 Å². The van der Waals surface area contributed by atoms with Crippen molar-refractivity contribution in [2.75, 3.05) is 0 Å². The first-order valence-corrected chi connectivity index (χ1v) is 25.7. The highest BCUT2D eigenvalue weighted by Gasteiger charge is 2.36. The van der Waals surface area contributed by atoms with Crippen LogP contribution in [-0.4, -0.2) is 19.5 Å². The molecule has 0 aliphatic heterocycles. The number of aromatic nitrogens is 4. The van der Waals surface area contributed by atoms with Gasteiger partial charge < -0.3 is 8.98 Å². The van der Waals surface area contributed by atoms with Gasteiger partial charge >= 0.3 is 0 Å². The van der Waals surface area contributed by atoms with Crippen molar-refractivity contribution in [2.24, 2.45) is 0 Å². The minimum absolute atomic E-state index is 0.0963. The molecule has 0 N–H and O–H groups in total. The fourth-order valence-corrected chi connectivity index (χ4v) is 11.2. The summed E-state index contributed by atoms with van der Waals surface area (Å²) in [5.74, 6) is 1.76. The van der Waals surface area contributed by atoms with Crippen LogP contribution < -0.4 is 0 Å². The number of fused-ring (bicyclic) bond motifs is 9. The van der Waals surface area contributed by atoms with Gasteiger partial charge in [0.1, 0.15) is 11.2 Å². The maximum absolute atomic E-state index is 6.34. The Labute approximate surface area is 431 Å². The van der Waals surface area contributed by atoms with Crippen LogP contribution in [0.3, 0.4) is 0 Å². The summed E-state index contributed by atoms with van der Waals surface area (Å²) in [6.45, 7) is 8.95. The van der Waals surface area contributed by atoms with Crippen LogP contribution in [0.25, 0.3) is 128 Å². The average molecular weight is 953 g/mol. The van der Waals surface area contributed by atoms with E-state index in [9.17, 15) is 0 Å². The molecule has 0 fully saturated rings. The maximum Gasteiger partial charge on any atom is 0.164 e. The third-order valence-electron chi connectivity index (χ3n) is 14.6. The van der Waals surface area contributed by atoms with Gasteiger partial charge in [-0.15, -0.1) is 0 Å². The fraction of sp³-hybridized carbons (Fsp3) is 0.0870. The van der Waals surface area contributed by atoms with E-state index in [2.05, 4.69) is 208 Å². The Kier molecular flexibility index (Phi) is 11.0. The summed E-state index contributed by atoms with van der Waals surface area (Å²) in [5.41, 5.74) is 19.9. The molecule has 1 aliphatic carbocycles. The highest BCUT2D eigenvalue weighted by Crippen LogP contribution is 2.52. The first-order chi connectivity index (χ1) is 36.4. The minimum Gasteiger partial charge on any atom is -0.456 e. The monoisotopic (exact) mass is 952 g/mol. The first kappa shape index (κ1) is 44.7. The lowest BCUT2D eigenvalue weighted by atomic mass is 9.82. The molecule has 354 valence electrons. The molecule has 10 aromatic carbocycles. The molecule has 3 aromatic heterocycles. The second kappa shape index (κ2) is 18.1. The van der Waals surface area contributed by atoms with E-state index in [-0.39, 0.29) is 5.41 Å². The summed E-state index contributed by atoms with van der Waals surface area (Å²) < 4.78 is 8.77. The topological polar surface area (TPSA) is 56.7 Å². The Hall–Kier alpha value is -9.19. The quantitative estimate of drug-likeness (QED) is 0.160. The van der Waals surface area contributed by atoms with Gasteiger partial charge in [-0.25, -0.2) is 15.0 Å². The van der Waals surface area contributed by atoms with Gasteiger partial charge in [0.15, 0.2) is 17.5 Å². The van der Waals surface area contributed by atoms with Gasteiger partial charge in [0.2, 0.25) is 0 Å². The Morgan fingerprint density at radius 1 is 0.378 bits per heavy atom. The molecule has 0 unspecified atom stereocenters. The predicted octanol–water partition coefficient (Wildman–Crippen LogP) is 18.6. The molecule has 3 heterocycles. The molecular weight excluding hydrogens is 901 g/mol. The Morgan fingerprint density at radius 2 is 0.932 bits per heavy atom. The van der Waals surface area contributed by atoms with E-state index in [0.717, 1.165) is 66.5 Å². The van der Waals surface area contributed by atoms with E-state index in [1.54, 1.807) is 0 Å². The molecule has 5 nitrogen and oxygen atoms in total. The summed E-state index contributed by atoms with van der Waals surface area (Å²) in [6.07, 6.45) is 1.25. The number of para-hydroxylation sites is 2. The fourth-order valence-electron chi connectivity index (χ4n) is 11.2. The molecule has 1 aliphatic rings. The molecular formula is C69H52N4O. The highest BCUT2D eigenvalue weighted by atomic mass is 16.3. The van der Waals surface area contributed by atoms with Crippen molar-refractivity contribution >= 4 is 43.7 Å². The molecule has 5 heteroatoms. The van der Waals surface area contributed by atoms with Gasteiger partial charge in [0.05, 0.1) is 11.0 Å². The lowest BCUT2D eigenvalue weighted by Gasteiger charge is -2.21. The van der Waals surface area contributed by atoms with Gasteiger partial charge in [0, 0.05) is 54.9 Å². The van der Waals surface area contributed by atoms with E-state index >= 15 is 0 Å². The molecule has 0 saturated heterocycles. The van der Waals surface area contributed by atoms with Crippen molar-refractivity contribution in [3.63, 3.8) is 0 Å². The molecule has 74 heavy (non-hydrogen) atoms. The van der Waals surface area contributed by atoms with Crippen molar-refractivity contribution in [2.45, 2.75) is 39.5 Å². The van der Waals surface area contributed by atoms with E-state index < -0.39 is 0 Å². The maximum atomic E-state index is 6.34. The zero-order chi connectivity index (χ0) is 49.9. The molecule has 0 radical (unpaired) electrons. The number of nitrogens with zero attached hydrogens (tertiary/aromatic N) is 4. The van der Waals surface area contributed by atoms with Crippen molar-refractivity contribution in [3.05, 3.63) is 242 Å². The first-order valence-electron chi connectivity index (χ1n) is 25.7. The van der Waals surface area contributed by atoms with E-state index in [1.807, 2.05) is 54.6 Å². The Balaban J connectivity index is 0.00000172. The lowest BCUT2D eigenvalue weighted by molar-refractivity contribution is 0.660. The van der Waals surface area contributed by atoms with Gasteiger partial charge in [-0.3, -0.25) is 0 Å². The van der Waals surface area contributed by atoms with Crippen LogP contribution in [0, 0.1) is 0 Å². The number of benzene rings is 10. The number of rotatable bonds is 7. The van der Waals surface area contributed by atoms with Crippen LogP contribution in [0.15, 0.2) is 235 Å². The van der Waals surface area contributed by atoms with Crippen LogP contribution in [0.4, 0.5) is 0 Å². The van der Waals surface area contributed by atoms with Gasteiger partial charge in [-0.2, -0.15) is 0 Å². The third kappa shape index (κ3) is 7.51.